The second kappa shape index (κ2) is 8.49. The number of nitrogens with two attached hydrogens (primary N) is 3. The summed E-state index contributed by atoms with van der Waals surface area (Å²) in [7, 11) is 0. The predicted molar refractivity (Wildman–Crippen MR) is 125 cm³/mol. The van der Waals surface area contributed by atoms with Crippen molar-refractivity contribution in [1.82, 2.24) is 4.98 Å². The first-order valence-corrected chi connectivity index (χ1v) is 12.0. The van der Waals surface area contributed by atoms with Gasteiger partial charge in [0.15, 0.2) is 0 Å². The molecule has 0 radical (unpaired) electrons. The zero-order chi connectivity index (χ0) is 23.3. The normalized spacial score (nSPS) is 22.8. The molecule has 10 heteroatoms. The van der Waals surface area contributed by atoms with Crippen molar-refractivity contribution in [2.24, 2.45) is 17.2 Å². The maximum Gasteiger partial charge on any atom is 0.268 e. The van der Waals surface area contributed by atoms with Gasteiger partial charge in [-0.05, 0) is 49.8 Å². The molecule has 3 heterocycles. The van der Waals surface area contributed by atoms with E-state index in [9.17, 15) is 13.6 Å². The molecule has 1 aromatic heterocycles. The average Bonchev–Trinajstić information content (AvgIpc) is 3.37. The van der Waals surface area contributed by atoms with Crippen LogP contribution in [0.1, 0.15) is 41.5 Å². The number of thioether (sulfide) groups is 1. The summed E-state index contributed by atoms with van der Waals surface area (Å²) in [6.07, 6.45) is 6.21. The first-order chi connectivity index (χ1) is 15.9. The molecule has 33 heavy (non-hydrogen) atoms. The molecule has 1 saturated heterocycles. The molecule has 7 nitrogen and oxygen atoms in total. The van der Waals surface area contributed by atoms with Crippen LogP contribution in [0.5, 0.6) is 0 Å². The van der Waals surface area contributed by atoms with Crippen molar-refractivity contribution in [2.45, 2.75) is 43.5 Å². The second-order valence-corrected chi connectivity index (χ2v) is 9.79. The molecular formula is C23H26F2N6OS. The summed E-state index contributed by atoms with van der Waals surface area (Å²) in [6.45, 7) is 1.44. The van der Waals surface area contributed by atoms with Crippen LogP contribution in [0.4, 0.5) is 20.2 Å². The molecule has 0 bridgehead atoms. The maximum absolute atomic E-state index is 14.9. The molecule has 6 N–H and O–H groups in total. The number of rotatable bonds is 4. The molecule has 1 aliphatic carbocycles. The third-order valence-corrected chi connectivity index (χ3v) is 7.64. The zero-order valence-electron chi connectivity index (χ0n) is 18.1. The van der Waals surface area contributed by atoms with Gasteiger partial charge in [0.25, 0.3) is 5.91 Å². The van der Waals surface area contributed by atoms with Gasteiger partial charge in [-0.15, -0.1) is 0 Å². The monoisotopic (exact) mass is 472 g/mol. The van der Waals surface area contributed by atoms with Crippen LogP contribution < -0.4 is 27.0 Å². The van der Waals surface area contributed by atoms with E-state index < -0.39 is 22.9 Å². The lowest BCUT2D eigenvalue weighted by atomic mass is 10.0. The van der Waals surface area contributed by atoms with Crippen LogP contribution in [-0.4, -0.2) is 30.0 Å². The lowest BCUT2D eigenvalue weighted by Crippen LogP contribution is -2.44. The highest BCUT2D eigenvalue weighted by molar-refractivity contribution is 8.03. The van der Waals surface area contributed by atoms with Gasteiger partial charge in [-0.25, -0.2) is 8.78 Å². The zero-order valence-corrected chi connectivity index (χ0v) is 18.9. The summed E-state index contributed by atoms with van der Waals surface area (Å²) in [5, 5.41) is -0.816. The smallest absolute Gasteiger partial charge is 0.268 e. The highest BCUT2D eigenvalue weighted by Crippen LogP contribution is 2.52. The minimum absolute atomic E-state index is 0.0146. The van der Waals surface area contributed by atoms with E-state index in [0.29, 0.717) is 12.2 Å². The van der Waals surface area contributed by atoms with Crippen LogP contribution in [-0.2, 0) is 17.6 Å². The molecule has 2 aliphatic heterocycles. The van der Waals surface area contributed by atoms with E-state index >= 15 is 0 Å². The Morgan fingerprint density at radius 1 is 1.18 bits per heavy atom. The van der Waals surface area contributed by atoms with E-state index in [4.69, 9.17) is 17.2 Å². The summed E-state index contributed by atoms with van der Waals surface area (Å²) in [5.41, 5.74) is 21.6. The number of piperidine rings is 1. The number of hydrogen-bond acceptors (Lipinski definition) is 7. The van der Waals surface area contributed by atoms with Gasteiger partial charge in [0, 0.05) is 24.8 Å². The van der Waals surface area contributed by atoms with Gasteiger partial charge in [-0.3, -0.25) is 9.78 Å². The van der Waals surface area contributed by atoms with Crippen molar-refractivity contribution in [3.05, 3.63) is 63.6 Å². The van der Waals surface area contributed by atoms with E-state index in [1.165, 1.54) is 18.2 Å². The number of hydrogen-bond donors (Lipinski definition) is 3. The Hall–Kier alpha value is -2.85. The lowest BCUT2D eigenvalue weighted by Gasteiger charge is -2.38. The lowest BCUT2D eigenvalue weighted by molar-refractivity contribution is -0.114. The number of benzene rings is 1. The SMILES string of the molecule is NC(=O)C1=C(N)SC(c2c(F)cccc2F)N1c1cnc2c(c1N1CCC[C@H](N)C1)CCC2. The summed E-state index contributed by atoms with van der Waals surface area (Å²) in [4.78, 5) is 20.9. The number of pyridine rings is 1. The highest BCUT2D eigenvalue weighted by atomic mass is 32.2. The Kier molecular flexibility index (Phi) is 5.65. The van der Waals surface area contributed by atoms with Gasteiger partial charge in [-0.2, -0.15) is 0 Å². The molecule has 1 amide bonds. The van der Waals surface area contributed by atoms with Crippen molar-refractivity contribution in [3.63, 3.8) is 0 Å². The molecular weight excluding hydrogens is 446 g/mol. The molecule has 0 spiro atoms. The van der Waals surface area contributed by atoms with Crippen LogP contribution in [0.25, 0.3) is 0 Å². The van der Waals surface area contributed by atoms with Crippen molar-refractivity contribution in [2.75, 3.05) is 22.9 Å². The van der Waals surface area contributed by atoms with Crippen LogP contribution in [0.2, 0.25) is 0 Å². The van der Waals surface area contributed by atoms with Crippen molar-refractivity contribution in [1.29, 1.82) is 0 Å². The number of amides is 1. The molecule has 2 aromatic rings. The molecule has 5 rings (SSSR count). The number of nitrogens with zero attached hydrogens (tertiary/aromatic N) is 3. The number of primary amides is 1. The fourth-order valence-electron chi connectivity index (χ4n) is 5.11. The fraction of sp³-hybridized carbons (Fsp3) is 0.391. The summed E-state index contributed by atoms with van der Waals surface area (Å²) in [6, 6.07) is 3.71. The van der Waals surface area contributed by atoms with Crippen molar-refractivity contribution in [3.8, 4) is 0 Å². The van der Waals surface area contributed by atoms with E-state index in [1.807, 2.05) is 0 Å². The van der Waals surface area contributed by atoms with Crippen LogP contribution in [0, 0.1) is 11.6 Å². The Bertz CT molecular complexity index is 1140. The quantitative estimate of drug-likeness (QED) is 0.627. The number of fused-ring (bicyclic) bond motifs is 1. The first kappa shape index (κ1) is 22.0. The number of carbonyl (C=O) groups is 1. The number of carbonyl (C=O) groups excluding carboxylic acids is 1. The molecule has 1 unspecified atom stereocenters. The van der Waals surface area contributed by atoms with E-state index in [2.05, 4.69) is 9.88 Å². The van der Waals surface area contributed by atoms with Gasteiger partial charge in [0.2, 0.25) is 0 Å². The Morgan fingerprint density at radius 3 is 2.64 bits per heavy atom. The average molecular weight is 473 g/mol. The topological polar surface area (TPSA) is 114 Å². The number of anilines is 2. The first-order valence-electron chi connectivity index (χ1n) is 11.1. The summed E-state index contributed by atoms with van der Waals surface area (Å²) in [5.74, 6) is -2.19. The molecule has 1 fully saturated rings. The summed E-state index contributed by atoms with van der Waals surface area (Å²) >= 11 is 1.01. The largest absolute Gasteiger partial charge is 0.392 e. The van der Waals surface area contributed by atoms with Gasteiger partial charge in [0.05, 0.1) is 28.2 Å². The molecule has 0 saturated carbocycles. The van der Waals surface area contributed by atoms with E-state index in [-0.39, 0.29) is 22.3 Å². The maximum atomic E-state index is 14.9. The molecule has 2 atom stereocenters. The van der Waals surface area contributed by atoms with Gasteiger partial charge < -0.3 is 27.0 Å². The number of halogens is 2. The molecule has 1 aromatic carbocycles. The molecule has 174 valence electrons. The number of aryl methyl sites for hydroxylation is 1. The minimum Gasteiger partial charge on any atom is -0.392 e. The van der Waals surface area contributed by atoms with Gasteiger partial charge in [0.1, 0.15) is 22.7 Å². The highest BCUT2D eigenvalue weighted by Gasteiger charge is 2.42. The second-order valence-electron chi connectivity index (χ2n) is 8.67. The van der Waals surface area contributed by atoms with Gasteiger partial charge in [-0.1, -0.05) is 17.8 Å². The number of aromatic nitrogens is 1. The molecule has 3 aliphatic rings. The van der Waals surface area contributed by atoms with Crippen molar-refractivity contribution >= 4 is 29.0 Å². The van der Waals surface area contributed by atoms with Crippen molar-refractivity contribution < 1.29 is 13.6 Å². The third kappa shape index (κ3) is 3.71. The Labute approximate surface area is 195 Å². The predicted octanol–water partition coefficient (Wildman–Crippen LogP) is 2.64. The summed E-state index contributed by atoms with van der Waals surface area (Å²) < 4.78 is 29.7. The Balaban J connectivity index is 1.72. The van der Waals surface area contributed by atoms with Crippen LogP contribution in [0.3, 0.4) is 0 Å². The van der Waals surface area contributed by atoms with Crippen LogP contribution >= 0.6 is 11.8 Å². The van der Waals surface area contributed by atoms with E-state index in [1.54, 1.807) is 11.1 Å². The van der Waals surface area contributed by atoms with Crippen LogP contribution in [0.15, 0.2) is 35.1 Å². The Morgan fingerprint density at radius 2 is 1.94 bits per heavy atom. The minimum atomic E-state index is -0.938. The third-order valence-electron chi connectivity index (χ3n) is 6.52. The standard InChI is InChI=1S/C23H26F2N6OS/c24-14-6-2-7-15(25)18(14)23-31(20(21(27)32)22(28)33-23)17-10-29-16-8-1-5-13(16)19(17)30-9-3-4-12(26)11-30/h2,6-7,10,12,23H,1,3-5,8-9,11,26,28H2,(H2,27,32)/t12-,23?/m0/s1. The van der Waals surface area contributed by atoms with Gasteiger partial charge >= 0.3 is 0 Å². The fourth-order valence-corrected chi connectivity index (χ4v) is 6.33. The van der Waals surface area contributed by atoms with E-state index in [0.717, 1.165) is 67.4 Å².